The average molecular weight is 605 g/mol. The molecule has 0 spiro atoms. The van der Waals surface area contributed by atoms with Crippen LogP contribution in [0.1, 0.15) is 39.6 Å². The lowest BCUT2D eigenvalue weighted by molar-refractivity contribution is 0.216. The molecule has 0 amide bonds. The molecule has 5 aromatic rings. The van der Waals surface area contributed by atoms with E-state index in [9.17, 15) is 5.11 Å². The van der Waals surface area contributed by atoms with E-state index in [2.05, 4.69) is 24.1 Å². The second kappa shape index (κ2) is 11.9. The Bertz CT molecular complexity index is 1890. The molecule has 8 nitrogen and oxygen atoms in total. The van der Waals surface area contributed by atoms with Crippen LogP contribution in [0.2, 0.25) is 0 Å². The van der Waals surface area contributed by atoms with Crippen LogP contribution in [0.15, 0.2) is 72.9 Å². The summed E-state index contributed by atoms with van der Waals surface area (Å²) in [6.45, 7) is 1.13. The van der Waals surface area contributed by atoms with Crippen LogP contribution in [0.25, 0.3) is 10.8 Å². The maximum absolute atomic E-state index is 11.7. The van der Waals surface area contributed by atoms with E-state index >= 15 is 0 Å². The third kappa shape index (κ3) is 5.36. The van der Waals surface area contributed by atoms with Crippen molar-refractivity contribution in [1.82, 2.24) is 9.88 Å². The number of fused-ring (bicyclic) bond motifs is 3. The minimum absolute atomic E-state index is 0.100. The van der Waals surface area contributed by atoms with E-state index in [0.29, 0.717) is 53.9 Å². The molecule has 8 heteroatoms. The fourth-order valence-corrected chi connectivity index (χ4v) is 6.49. The standard InChI is InChI=1S/C37H36N2O6/c1-39-14-12-26-19-34(43-4)37-36(40)35(26)29(39)16-24-9-10-30(41-2)32(17-24)45-33-20-27-25(18-31(33)42-3)11-13-38-28(27)15-22-5-7-23(8-6-22)21-44-37/h5-11,13,17-20,29,40H,12,14-16,21H2,1-4H3/t29-/m1/s1. The molecule has 8 rings (SSSR count). The van der Waals surface area contributed by atoms with Crippen LogP contribution in [0.5, 0.6) is 40.2 Å². The first-order valence-corrected chi connectivity index (χ1v) is 15.1. The van der Waals surface area contributed by atoms with Crippen molar-refractivity contribution in [1.29, 1.82) is 0 Å². The molecule has 0 fully saturated rings. The van der Waals surface area contributed by atoms with Crippen LogP contribution in [0.4, 0.5) is 0 Å². The van der Waals surface area contributed by atoms with Crippen molar-refractivity contribution in [2.45, 2.75) is 31.9 Å². The fraction of sp³-hybridized carbons (Fsp3) is 0.270. The van der Waals surface area contributed by atoms with E-state index in [-0.39, 0.29) is 11.8 Å². The lowest BCUT2D eigenvalue weighted by Gasteiger charge is -2.36. The van der Waals surface area contributed by atoms with Gasteiger partial charge in [-0.2, -0.15) is 0 Å². The molecule has 1 N–H and O–H groups in total. The van der Waals surface area contributed by atoms with E-state index in [4.69, 9.17) is 28.7 Å². The van der Waals surface area contributed by atoms with Gasteiger partial charge < -0.3 is 28.8 Å². The molecule has 0 saturated carbocycles. The summed E-state index contributed by atoms with van der Waals surface area (Å²) in [5.41, 5.74) is 5.98. The van der Waals surface area contributed by atoms with E-state index in [1.807, 2.05) is 60.8 Å². The van der Waals surface area contributed by atoms with Crippen molar-refractivity contribution in [3.63, 3.8) is 0 Å². The van der Waals surface area contributed by atoms with E-state index in [1.165, 1.54) is 0 Å². The Morgan fingerprint density at radius 1 is 0.822 bits per heavy atom. The number of nitrogens with zero attached hydrogens (tertiary/aromatic N) is 2. The lowest BCUT2D eigenvalue weighted by atomic mass is 9.87. The monoisotopic (exact) mass is 604 g/mol. The molecule has 0 unspecified atom stereocenters. The molecule has 4 heterocycles. The van der Waals surface area contributed by atoms with Gasteiger partial charge in [0.1, 0.15) is 6.61 Å². The van der Waals surface area contributed by atoms with Crippen LogP contribution in [0, 0.1) is 0 Å². The summed E-state index contributed by atoms with van der Waals surface area (Å²) in [6, 6.07) is 22.1. The average Bonchev–Trinajstić information content (AvgIpc) is 3.06. The third-order valence-electron chi connectivity index (χ3n) is 8.95. The molecule has 230 valence electrons. The van der Waals surface area contributed by atoms with Gasteiger partial charge in [-0.1, -0.05) is 30.3 Å². The van der Waals surface area contributed by atoms with Crippen LogP contribution >= 0.6 is 0 Å². The first kappa shape index (κ1) is 28.8. The minimum Gasteiger partial charge on any atom is -0.504 e. The van der Waals surface area contributed by atoms with Crippen molar-refractivity contribution in [3.05, 3.63) is 106 Å². The highest BCUT2D eigenvalue weighted by molar-refractivity contribution is 5.88. The fourth-order valence-electron chi connectivity index (χ4n) is 6.49. The highest BCUT2D eigenvalue weighted by atomic mass is 16.5. The Morgan fingerprint density at radius 3 is 2.33 bits per heavy atom. The number of aromatic hydroxyl groups is 1. The van der Waals surface area contributed by atoms with E-state index < -0.39 is 0 Å². The molecular weight excluding hydrogens is 568 g/mol. The molecule has 45 heavy (non-hydrogen) atoms. The summed E-state index contributed by atoms with van der Waals surface area (Å²) in [6.07, 6.45) is 3.89. The summed E-state index contributed by atoms with van der Waals surface area (Å²) < 4.78 is 30.1. The number of phenols is 1. The second-order valence-corrected chi connectivity index (χ2v) is 11.6. The second-order valence-electron chi connectivity index (χ2n) is 11.6. The molecular formula is C37H36N2O6. The highest BCUT2D eigenvalue weighted by Gasteiger charge is 2.32. The van der Waals surface area contributed by atoms with Gasteiger partial charge >= 0.3 is 0 Å². The zero-order valence-electron chi connectivity index (χ0n) is 25.9. The van der Waals surface area contributed by atoms with Crippen molar-refractivity contribution < 1.29 is 28.8 Å². The smallest absolute Gasteiger partial charge is 0.204 e. The number of ether oxygens (including phenoxy) is 5. The van der Waals surface area contributed by atoms with Gasteiger partial charge in [0, 0.05) is 36.2 Å². The van der Waals surface area contributed by atoms with Crippen LogP contribution < -0.4 is 23.7 Å². The number of benzene rings is 4. The Kier molecular flexibility index (Phi) is 7.59. The predicted octanol–water partition coefficient (Wildman–Crippen LogP) is 7.01. The van der Waals surface area contributed by atoms with Crippen molar-refractivity contribution in [2.24, 2.45) is 0 Å². The Hall–Kier alpha value is -4.95. The molecule has 4 aromatic carbocycles. The van der Waals surface area contributed by atoms with Crippen molar-refractivity contribution >= 4 is 10.8 Å². The molecule has 3 aliphatic heterocycles. The largest absolute Gasteiger partial charge is 0.504 e. The van der Waals surface area contributed by atoms with Crippen molar-refractivity contribution in [2.75, 3.05) is 34.9 Å². The Labute approximate surface area is 262 Å². The number of likely N-dealkylation sites (N-methyl/N-ethyl adjacent to an activating group) is 1. The maximum Gasteiger partial charge on any atom is 0.204 e. The minimum atomic E-state index is -0.100. The number of hydrogen-bond donors (Lipinski definition) is 1. The molecule has 0 saturated heterocycles. The number of aromatic nitrogens is 1. The lowest BCUT2D eigenvalue weighted by Crippen LogP contribution is -2.33. The molecule has 0 aliphatic carbocycles. The van der Waals surface area contributed by atoms with Gasteiger partial charge in [-0.15, -0.1) is 0 Å². The van der Waals surface area contributed by atoms with E-state index in [1.54, 1.807) is 21.3 Å². The zero-order chi connectivity index (χ0) is 31.1. The zero-order valence-corrected chi connectivity index (χ0v) is 25.9. The molecule has 8 bridgehead atoms. The number of methoxy groups -OCH3 is 3. The number of pyridine rings is 1. The number of phenolic OH excluding ortho intramolecular Hbond substituents is 1. The number of hydrogen-bond acceptors (Lipinski definition) is 8. The summed E-state index contributed by atoms with van der Waals surface area (Å²) in [5.74, 6) is 3.38. The molecule has 3 aliphatic rings. The van der Waals surface area contributed by atoms with Crippen LogP contribution in [-0.2, 0) is 25.9 Å². The van der Waals surface area contributed by atoms with Gasteiger partial charge in [0.2, 0.25) is 5.75 Å². The maximum atomic E-state index is 11.7. The topological polar surface area (TPSA) is 82.5 Å². The Morgan fingerprint density at radius 2 is 1.56 bits per heavy atom. The van der Waals surface area contributed by atoms with Gasteiger partial charge in [-0.3, -0.25) is 9.88 Å². The van der Waals surface area contributed by atoms with Gasteiger partial charge in [0.15, 0.2) is 34.5 Å². The van der Waals surface area contributed by atoms with Gasteiger partial charge in [0.05, 0.1) is 27.0 Å². The number of rotatable bonds is 3. The summed E-state index contributed by atoms with van der Waals surface area (Å²) >= 11 is 0. The third-order valence-corrected chi connectivity index (χ3v) is 8.95. The first-order chi connectivity index (χ1) is 21.9. The van der Waals surface area contributed by atoms with Gasteiger partial charge in [0.25, 0.3) is 0 Å². The van der Waals surface area contributed by atoms with Crippen molar-refractivity contribution in [3.8, 4) is 40.2 Å². The summed E-state index contributed by atoms with van der Waals surface area (Å²) in [7, 11) is 6.97. The van der Waals surface area contributed by atoms with E-state index in [0.717, 1.165) is 57.2 Å². The molecule has 1 aromatic heterocycles. The Balaban J connectivity index is 1.41. The predicted molar refractivity (Wildman–Crippen MR) is 172 cm³/mol. The SMILES string of the molecule is COc1ccc2cc1Oc1cc3c(nccc3cc1OC)Cc1ccc(cc1)COc1c(OC)cc3c(c1O)[C@@H](C2)N(C)CC3. The normalized spacial score (nSPS) is 16.1. The first-order valence-electron chi connectivity index (χ1n) is 15.1. The van der Waals surface area contributed by atoms with Gasteiger partial charge in [-0.05, 0) is 83.9 Å². The molecule has 1 atom stereocenters. The van der Waals surface area contributed by atoms with Gasteiger partial charge in [-0.25, -0.2) is 0 Å². The highest BCUT2D eigenvalue weighted by Crippen LogP contribution is 2.48. The summed E-state index contributed by atoms with van der Waals surface area (Å²) in [4.78, 5) is 7.02. The summed E-state index contributed by atoms with van der Waals surface area (Å²) in [5, 5.41) is 13.7. The van der Waals surface area contributed by atoms with Crippen LogP contribution in [0.3, 0.4) is 0 Å². The van der Waals surface area contributed by atoms with Crippen LogP contribution in [-0.4, -0.2) is 49.9 Å². The quantitative estimate of drug-likeness (QED) is 0.236. The molecule has 0 radical (unpaired) electrons.